The van der Waals surface area contributed by atoms with Crippen LogP contribution in [0.2, 0.25) is 0 Å². The third kappa shape index (κ3) is 1.87. The molecule has 20 heavy (non-hydrogen) atoms. The summed E-state index contributed by atoms with van der Waals surface area (Å²) in [6.45, 7) is 2.76. The van der Waals surface area contributed by atoms with Crippen LogP contribution >= 0.6 is 0 Å². The molecule has 0 bridgehead atoms. The lowest BCUT2D eigenvalue weighted by Crippen LogP contribution is -2.32. The van der Waals surface area contributed by atoms with E-state index in [9.17, 15) is 8.42 Å². The maximum atomic E-state index is 12.9. The molecule has 1 saturated heterocycles. The summed E-state index contributed by atoms with van der Waals surface area (Å²) in [7, 11) is -1.58. The van der Waals surface area contributed by atoms with E-state index < -0.39 is 10.0 Å². The molecule has 0 saturated carbocycles. The molecule has 0 spiro atoms. The molecule has 0 radical (unpaired) electrons. The van der Waals surface area contributed by atoms with E-state index in [0.29, 0.717) is 18.0 Å². The number of sulfonamides is 1. The molecule has 1 fully saturated rings. The summed E-state index contributed by atoms with van der Waals surface area (Å²) in [4.78, 5) is 0.421. The first kappa shape index (κ1) is 13.6. The minimum Gasteiger partial charge on any atom is -0.347 e. The van der Waals surface area contributed by atoms with Gasteiger partial charge in [0.1, 0.15) is 4.90 Å². The minimum absolute atomic E-state index is 0.0555. The van der Waals surface area contributed by atoms with Crippen LogP contribution in [0.25, 0.3) is 10.9 Å². The first-order chi connectivity index (χ1) is 9.43. The number of aromatic nitrogens is 1. The highest BCUT2D eigenvalue weighted by atomic mass is 32.2. The monoisotopic (exact) mass is 293 g/mol. The van der Waals surface area contributed by atoms with Crippen molar-refractivity contribution in [2.45, 2.75) is 24.3 Å². The average Bonchev–Trinajstić information content (AvgIpc) is 2.95. The highest BCUT2D eigenvalue weighted by Gasteiger charge is 2.34. The summed E-state index contributed by atoms with van der Waals surface area (Å²) in [5.41, 5.74) is 7.55. The van der Waals surface area contributed by atoms with Gasteiger partial charge in [0.05, 0.1) is 0 Å². The van der Waals surface area contributed by atoms with Crippen LogP contribution in [0.15, 0.2) is 29.2 Å². The summed E-state index contributed by atoms with van der Waals surface area (Å²) in [6.07, 6.45) is 0.725. The maximum Gasteiger partial charge on any atom is 0.245 e. The lowest BCUT2D eigenvalue weighted by Gasteiger charge is -2.16. The topological polar surface area (TPSA) is 68.3 Å². The Hall–Kier alpha value is -1.37. The summed E-state index contributed by atoms with van der Waals surface area (Å²) in [5, 5.41) is 0.785. The number of nitrogens with zero attached hydrogens (tertiary/aromatic N) is 2. The van der Waals surface area contributed by atoms with Crippen LogP contribution in [0.4, 0.5) is 0 Å². The summed E-state index contributed by atoms with van der Waals surface area (Å²) < 4.78 is 29.2. The second kappa shape index (κ2) is 4.58. The molecule has 5 nitrogen and oxygen atoms in total. The highest BCUT2D eigenvalue weighted by molar-refractivity contribution is 7.89. The molecular weight excluding hydrogens is 274 g/mol. The van der Waals surface area contributed by atoms with Crippen molar-refractivity contribution in [1.82, 2.24) is 8.87 Å². The fourth-order valence-corrected chi connectivity index (χ4v) is 4.87. The highest BCUT2D eigenvalue weighted by Crippen LogP contribution is 2.32. The zero-order valence-corrected chi connectivity index (χ0v) is 12.5. The normalized spacial score (nSPS) is 20.9. The summed E-state index contributed by atoms with van der Waals surface area (Å²) in [5.74, 6) is 0. The van der Waals surface area contributed by atoms with Crippen LogP contribution in [0.3, 0.4) is 0 Å². The van der Waals surface area contributed by atoms with E-state index in [2.05, 4.69) is 0 Å². The second-order valence-electron chi connectivity index (χ2n) is 5.40. The smallest absolute Gasteiger partial charge is 0.245 e. The number of nitrogens with two attached hydrogens (primary N) is 1. The Morgan fingerprint density at radius 3 is 2.65 bits per heavy atom. The molecule has 108 valence electrons. The van der Waals surface area contributed by atoms with E-state index in [0.717, 1.165) is 23.0 Å². The average molecular weight is 293 g/mol. The lowest BCUT2D eigenvalue weighted by molar-refractivity contribution is 0.472. The standard InChI is InChI=1S/C14H19N3O2S/c1-10-14(12-5-3-4-6-13(12)16(10)2)20(18,19)17-8-7-11(15)9-17/h3-6,11H,7-9,15H2,1-2H3. The van der Waals surface area contributed by atoms with Gasteiger partial charge in [0.2, 0.25) is 10.0 Å². The lowest BCUT2D eigenvalue weighted by atomic mass is 10.2. The number of fused-ring (bicyclic) bond motifs is 1. The van der Waals surface area contributed by atoms with Crippen molar-refractivity contribution in [1.29, 1.82) is 0 Å². The van der Waals surface area contributed by atoms with Gasteiger partial charge in [-0.05, 0) is 19.4 Å². The zero-order valence-electron chi connectivity index (χ0n) is 11.7. The van der Waals surface area contributed by atoms with Gasteiger partial charge in [0, 0.05) is 42.8 Å². The number of rotatable bonds is 2. The largest absolute Gasteiger partial charge is 0.347 e. The quantitative estimate of drug-likeness (QED) is 0.905. The molecule has 2 heterocycles. The molecule has 2 aromatic rings. The fraction of sp³-hybridized carbons (Fsp3) is 0.429. The van der Waals surface area contributed by atoms with Crippen molar-refractivity contribution in [2.24, 2.45) is 12.8 Å². The van der Waals surface area contributed by atoms with Gasteiger partial charge in [-0.15, -0.1) is 0 Å². The molecule has 2 N–H and O–H groups in total. The predicted octanol–water partition coefficient (Wildman–Crippen LogP) is 1.21. The Kier molecular flexibility index (Phi) is 3.12. The van der Waals surface area contributed by atoms with E-state index in [1.54, 1.807) is 0 Å². The molecule has 0 aliphatic carbocycles. The first-order valence-electron chi connectivity index (χ1n) is 6.72. The summed E-state index contributed by atoms with van der Waals surface area (Å²) in [6, 6.07) is 7.54. The minimum atomic E-state index is -3.48. The second-order valence-corrected chi connectivity index (χ2v) is 7.28. The van der Waals surface area contributed by atoms with Crippen LogP contribution in [0.1, 0.15) is 12.1 Å². The van der Waals surface area contributed by atoms with Gasteiger partial charge in [-0.1, -0.05) is 18.2 Å². The van der Waals surface area contributed by atoms with Crippen molar-refractivity contribution in [3.63, 3.8) is 0 Å². The van der Waals surface area contributed by atoms with Gasteiger partial charge in [-0.25, -0.2) is 8.42 Å². The molecule has 1 aliphatic heterocycles. The van der Waals surface area contributed by atoms with Gasteiger partial charge in [0.15, 0.2) is 0 Å². The number of aryl methyl sites for hydroxylation is 1. The number of hydrogen-bond acceptors (Lipinski definition) is 3. The van der Waals surface area contributed by atoms with Crippen molar-refractivity contribution in [2.75, 3.05) is 13.1 Å². The Morgan fingerprint density at radius 1 is 1.30 bits per heavy atom. The molecular formula is C14H19N3O2S. The molecule has 0 amide bonds. The Bertz CT molecular complexity index is 764. The number of hydrogen-bond donors (Lipinski definition) is 1. The van der Waals surface area contributed by atoms with Gasteiger partial charge in [-0.2, -0.15) is 4.31 Å². The van der Waals surface area contributed by atoms with Crippen LogP contribution in [-0.4, -0.2) is 36.4 Å². The fourth-order valence-electron chi connectivity index (χ4n) is 2.91. The Balaban J connectivity index is 2.22. The van der Waals surface area contributed by atoms with Crippen molar-refractivity contribution < 1.29 is 8.42 Å². The van der Waals surface area contributed by atoms with E-state index in [4.69, 9.17) is 5.73 Å². The van der Waals surface area contributed by atoms with Gasteiger partial charge in [0.25, 0.3) is 0 Å². The third-order valence-electron chi connectivity index (χ3n) is 4.13. The van der Waals surface area contributed by atoms with E-state index >= 15 is 0 Å². The maximum absolute atomic E-state index is 12.9. The number of para-hydroxylation sites is 1. The van der Waals surface area contributed by atoms with Gasteiger partial charge >= 0.3 is 0 Å². The van der Waals surface area contributed by atoms with Crippen LogP contribution in [0.5, 0.6) is 0 Å². The van der Waals surface area contributed by atoms with E-state index in [1.807, 2.05) is 42.8 Å². The van der Waals surface area contributed by atoms with E-state index in [1.165, 1.54) is 4.31 Å². The van der Waals surface area contributed by atoms with Crippen molar-refractivity contribution >= 4 is 20.9 Å². The predicted molar refractivity (Wildman–Crippen MR) is 79.0 cm³/mol. The zero-order chi connectivity index (χ0) is 14.5. The van der Waals surface area contributed by atoms with Crippen LogP contribution < -0.4 is 5.73 Å². The Labute approximate surface area is 119 Å². The first-order valence-corrected chi connectivity index (χ1v) is 8.16. The summed E-state index contributed by atoms with van der Waals surface area (Å²) >= 11 is 0. The van der Waals surface area contributed by atoms with Crippen LogP contribution in [-0.2, 0) is 17.1 Å². The molecule has 1 atom stereocenters. The molecule has 3 rings (SSSR count). The molecule has 6 heteroatoms. The molecule has 1 unspecified atom stereocenters. The Morgan fingerprint density at radius 2 is 2.00 bits per heavy atom. The molecule has 1 aromatic heterocycles. The third-order valence-corrected chi connectivity index (χ3v) is 6.17. The van der Waals surface area contributed by atoms with Crippen LogP contribution in [0, 0.1) is 6.92 Å². The van der Waals surface area contributed by atoms with E-state index in [-0.39, 0.29) is 6.04 Å². The van der Waals surface area contributed by atoms with Crippen molar-refractivity contribution in [3.05, 3.63) is 30.0 Å². The number of benzene rings is 1. The van der Waals surface area contributed by atoms with Crippen molar-refractivity contribution in [3.8, 4) is 0 Å². The van der Waals surface area contributed by atoms with Gasteiger partial charge in [-0.3, -0.25) is 0 Å². The SMILES string of the molecule is Cc1c(S(=O)(=O)N2CCC(N)C2)c2ccccc2n1C. The molecule has 1 aromatic carbocycles. The van der Waals surface area contributed by atoms with Gasteiger partial charge < -0.3 is 10.3 Å². The molecule has 1 aliphatic rings.